The van der Waals surface area contributed by atoms with Crippen LogP contribution in [0, 0.1) is 5.92 Å². The topological polar surface area (TPSA) is 26.3 Å². The Hall–Kier alpha value is -0.320. The first kappa shape index (κ1) is 14.6. The molecule has 2 fully saturated rings. The lowest BCUT2D eigenvalue weighted by molar-refractivity contribution is -0.0959. The normalized spacial score (nSPS) is 25.6. The predicted octanol–water partition coefficient (Wildman–Crippen LogP) is 4.32. The number of hydrogen-bond donors (Lipinski definition) is 0. The molecule has 3 rings (SSSR count). The summed E-state index contributed by atoms with van der Waals surface area (Å²) >= 11 is 5.49. The number of carbonyl (C=O) groups is 1. The highest BCUT2D eigenvalue weighted by Gasteiger charge is 2.41. The van der Waals surface area contributed by atoms with Crippen LogP contribution in [0.4, 0.5) is 0 Å². The maximum Gasteiger partial charge on any atom is 0.167 e. The number of rotatable bonds is 2. The fourth-order valence-electron chi connectivity index (χ4n) is 3.22. The van der Waals surface area contributed by atoms with E-state index < -0.39 is 0 Å². The Morgan fingerprint density at radius 2 is 2.05 bits per heavy atom. The van der Waals surface area contributed by atoms with Crippen LogP contribution in [-0.4, -0.2) is 29.5 Å². The summed E-state index contributed by atoms with van der Waals surface area (Å²) in [5.41, 5.74) is 0.796. The van der Waals surface area contributed by atoms with Crippen LogP contribution in [0.3, 0.4) is 0 Å². The molecule has 2 aliphatic rings. The standard InChI is InChI=1S/C16H19BrO2S/c17-14-4-2-1-3-13(14)15(18)12-5-8-19-16(11-12)6-9-20-10-7-16/h1-4,12H,5-11H2. The van der Waals surface area contributed by atoms with Crippen molar-refractivity contribution in [3.8, 4) is 0 Å². The number of ether oxygens (including phenoxy) is 1. The zero-order valence-corrected chi connectivity index (χ0v) is 13.8. The third kappa shape index (κ3) is 2.97. The van der Waals surface area contributed by atoms with E-state index >= 15 is 0 Å². The van der Waals surface area contributed by atoms with Crippen LogP contribution in [0.1, 0.15) is 36.0 Å². The molecule has 2 heterocycles. The molecule has 20 heavy (non-hydrogen) atoms. The molecule has 1 spiro atoms. The molecule has 2 nitrogen and oxygen atoms in total. The van der Waals surface area contributed by atoms with Crippen molar-refractivity contribution in [2.24, 2.45) is 5.92 Å². The van der Waals surface area contributed by atoms with Crippen molar-refractivity contribution >= 4 is 33.5 Å². The highest BCUT2D eigenvalue weighted by atomic mass is 79.9. The lowest BCUT2D eigenvalue weighted by Gasteiger charge is -2.43. The van der Waals surface area contributed by atoms with E-state index in [0.29, 0.717) is 0 Å². The second-order valence-electron chi connectivity index (χ2n) is 5.68. The second kappa shape index (κ2) is 6.20. The SMILES string of the molecule is O=C(c1ccccc1Br)C1CCOC2(CCSCC2)C1. The van der Waals surface area contributed by atoms with Crippen molar-refractivity contribution < 1.29 is 9.53 Å². The molecular weight excluding hydrogens is 336 g/mol. The van der Waals surface area contributed by atoms with Crippen LogP contribution < -0.4 is 0 Å². The van der Waals surface area contributed by atoms with Crippen molar-refractivity contribution in [1.82, 2.24) is 0 Å². The van der Waals surface area contributed by atoms with Crippen molar-refractivity contribution in [2.75, 3.05) is 18.1 Å². The largest absolute Gasteiger partial charge is 0.375 e. The van der Waals surface area contributed by atoms with Gasteiger partial charge in [0.25, 0.3) is 0 Å². The molecule has 2 aliphatic heterocycles. The molecule has 0 saturated carbocycles. The van der Waals surface area contributed by atoms with Gasteiger partial charge in [-0.05, 0) is 43.3 Å². The first-order valence-electron chi connectivity index (χ1n) is 7.21. The molecule has 1 aromatic rings. The second-order valence-corrected chi connectivity index (χ2v) is 7.76. The first-order valence-corrected chi connectivity index (χ1v) is 9.15. The average Bonchev–Trinajstić information content (AvgIpc) is 2.48. The Balaban J connectivity index is 1.77. The van der Waals surface area contributed by atoms with Crippen molar-refractivity contribution in [3.05, 3.63) is 34.3 Å². The van der Waals surface area contributed by atoms with Gasteiger partial charge in [0, 0.05) is 22.6 Å². The number of Topliss-reactive ketones (excluding diaryl/α,β-unsaturated/α-hetero) is 1. The van der Waals surface area contributed by atoms with E-state index in [9.17, 15) is 4.79 Å². The van der Waals surface area contributed by atoms with Crippen LogP contribution in [0.2, 0.25) is 0 Å². The molecule has 1 aromatic carbocycles. The molecule has 0 radical (unpaired) electrons. The number of benzene rings is 1. The van der Waals surface area contributed by atoms with E-state index in [1.807, 2.05) is 36.0 Å². The Morgan fingerprint density at radius 1 is 1.30 bits per heavy atom. The van der Waals surface area contributed by atoms with E-state index in [0.717, 1.165) is 53.8 Å². The van der Waals surface area contributed by atoms with Crippen molar-refractivity contribution in [2.45, 2.75) is 31.3 Å². The van der Waals surface area contributed by atoms with Gasteiger partial charge in [-0.25, -0.2) is 0 Å². The van der Waals surface area contributed by atoms with Gasteiger partial charge in [0.05, 0.1) is 5.60 Å². The van der Waals surface area contributed by atoms with Gasteiger partial charge >= 0.3 is 0 Å². The van der Waals surface area contributed by atoms with Crippen LogP contribution in [-0.2, 0) is 4.74 Å². The highest BCUT2D eigenvalue weighted by molar-refractivity contribution is 9.10. The summed E-state index contributed by atoms with van der Waals surface area (Å²) in [6.45, 7) is 0.728. The number of carbonyl (C=O) groups excluding carboxylic acids is 1. The third-order valence-electron chi connectivity index (χ3n) is 4.41. The molecule has 0 N–H and O–H groups in total. The zero-order chi connectivity index (χ0) is 14.0. The molecule has 0 aromatic heterocycles. The summed E-state index contributed by atoms with van der Waals surface area (Å²) in [5, 5.41) is 0. The van der Waals surface area contributed by atoms with E-state index in [4.69, 9.17) is 4.74 Å². The number of halogens is 1. The van der Waals surface area contributed by atoms with Gasteiger partial charge in [0.2, 0.25) is 0 Å². The van der Waals surface area contributed by atoms with Crippen LogP contribution in [0.5, 0.6) is 0 Å². The van der Waals surface area contributed by atoms with Crippen molar-refractivity contribution in [3.63, 3.8) is 0 Å². The Bertz CT molecular complexity index is 491. The smallest absolute Gasteiger partial charge is 0.167 e. The van der Waals surface area contributed by atoms with Gasteiger partial charge in [-0.1, -0.05) is 34.1 Å². The number of hydrogen-bond acceptors (Lipinski definition) is 3. The van der Waals surface area contributed by atoms with Crippen LogP contribution in [0.25, 0.3) is 0 Å². The van der Waals surface area contributed by atoms with E-state index in [2.05, 4.69) is 15.9 Å². The molecule has 0 bridgehead atoms. The van der Waals surface area contributed by atoms with Crippen LogP contribution >= 0.6 is 27.7 Å². The Labute approximate surface area is 132 Å². The average molecular weight is 355 g/mol. The van der Waals surface area contributed by atoms with Gasteiger partial charge in [-0.3, -0.25) is 4.79 Å². The minimum Gasteiger partial charge on any atom is -0.375 e. The predicted molar refractivity (Wildman–Crippen MR) is 86.4 cm³/mol. The van der Waals surface area contributed by atoms with E-state index in [1.54, 1.807) is 0 Å². The first-order chi connectivity index (χ1) is 9.70. The number of thioether (sulfide) groups is 1. The summed E-state index contributed by atoms with van der Waals surface area (Å²) in [7, 11) is 0. The Morgan fingerprint density at radius 3 is 2.80 bits per heavy atom. The summed E-state index contributed by atoms with van der Waals surface area (Å²) in [4.78, 5) is 12.8. The Kier molecular flexibility index (Phi) is 4.53. The molecular formula is C16H19BrO2S. The molecule has 0 aliphatic carbocycles. The molecule has 108 valence electrons. The summed E-state index contributed by atoms with van der Waals surface area (Å²) in [6, 6.07) is 7.75. The van der Waals surface area contributed by atoms with Gasteiger partial charge < -0.3 is 4.74 Å². The lowest BCUT2D eigenvalue weighted by Crippen LogP contribution is -2.44. The van der Waals surface area contributed by atoms with E-state index in [-0.39, 0.29) is 17.3 Å². The van der Waals surface area contributed by atoms with Gasteiger partial charge in [-0.15, -0.1) is 0 Å². The molecule has 1 unspecified atom stereocenters. The minimum atomic E-state index is -0.0227. The quantitative estimate of drug-likeness (QED) is 0.739. The summed E-state index contributed by atoms with van der Waals surface area (Å²) in [5.74, 6) is 2.72. The highest BCUT2D eigenvalue weighted by Crippen LogP contribution is 2.41. The van der Waals surface area contributed by atoms with Crippen molar-refractivity contribution in [1.29, 1.82) is 0 Å². The fourth-order valence-corrected chi connectivity index (χ4v) is 4.94. The minimum absolute atomic E-state index is 0.0227. The molecule has 1 atom stereocenters. The maximum atomic E-state index is 12.8. The van der Waals surface area contributed by atoms with E-state index in [1.165, 1.54) is 0 Å². The molecule has 4 heteroatoms. The number of ketones is 1. The van der Waals surface area contributed by atoms with Crippen LogP contribution in [0.15, 0.2) is 28.7 Å². The van der Waals surface area contributed by atoms with Gasteiger partial charge in [0.15, 0.2) is 5.78 Å². The third-order valence-corrected chi connectivity index (χ3v) is 6.08. The van der Waals surface area contributed by atoms with Gasteiger partial charge in [0.1, 0.15) is 0 Å². The molecule has 2 saturated heterocycles. The monoisotopic (exact) mass is 354 g/mol. The summed E-state index contributed by atoms with van der Waals surface area (Å²) < 4.78 is 6.98. The molecule has 0 amide bonds. The van der Waals surface area contributed by atoms with Gasteiger partial charge in [-0.2, -0.15) is 11.8 Å². The lowest BCUT2D eigenvalue weighted by atomic mass is 9.79. The zero-order valence-electron chi connectivity index (χ0n) is 11.4. The maximum absolute atomic E-state index is 12.8. The fraction of sp³-hybridized carbons (Fsp3) is 0.562. The summed E-state index contributed by atoms with van der Waals surface area (Å²) in [6.07, 6.45) is 3.94.